The van der Waals surface area contributed by atoms with Gasteiger partial charge in [-0.1, -0.05) is 12.8 Å². The number of hydrogen-bond donors (Lipinski definition) is 3. The van der Waals surface area contributed by atoms with Gasteiger partial charge in [-0.15, -0.1) is 50.3 Å². The van der Waals surface area contributed by atoms with Crippen molar-refractivity contribution in [1.29, 1.82) is 0 Å². The molecule has 0 bridgehead atoms. The monoisotopic (exact) mass is 471 g/mol. The molecular weight excluding hydrogens is 430 g/mol. The Hall–Kier alpha value is 1.09. The fraction of sp³-hybridized carbons (Fsp3) is 0.765. The van der Waals surface area contributed by atoms with Gasteiger partial charge in [0.1, 0.15) is 0 Å². The van der Waals surface area contributed by atoms with E-state index in [2.05, 4.69) is 21.3 Å². The van der Waals surface area contributed by atoms with Gasteiger partial charge < -0.3 is 48.3 Å². The molecule has 3 N–H and O–H groups in total. The third kappa shape index (κ3) is 49.9. The van der Waals surface area contributed by atoms with E-state index in [4.69, 9.17) is 4.79 Å². The zero-order valence-electron chi connectivity index (χ0n) is 17.1. The summed E-state index contributed by atoms with van der Waals surface area (Å²) in [7, 11) is 0. The summed E-state index contributed by atoms with van der Waals surface area (Å²) >= 11 is 0. The predicted molar refractivity (Wildman–Crippen MR) is 123 cm³/mol. The number of nitrogens with one attached hydrogen (secondary N) is 3. The van der Waals surface area contributed by atoms with Crippen LogP contribution >= 0.6 is 37.2 Å². The minimum atomic E-state index is 0. The summed E-state index contributed by atoms with van der Waals surface area (Å²) in [6.45, 7) is 10.1. The zero-order valence-corrected chi connectivity index (χ0v) is 21.1. The Morgan fingerprint density at radius 2 is 0.885 bits per heavy atom. The first kappa shape index (κ1) is 50.6. The largest absolute Gasteiger partial charge is 0.662 e. The average molecular weight is 473 g/mol. The van der Waals surface area contributed by atoms with Gasteiger partial charge in [-0.2, -0.15) is 6.92 Å². The maximum absolute atomic E-state index is 8.68. The molecule has 1 saturated heterocycles. The predicted octanol–water partition coefficient (Wildman–Crippen LogP) is 3.43. The van der Waals surface area contributed by atoms with Crippen molar-refractivity contribution in [2.75, 3.05) is 52.4 Å². The van der Waals surface area contributed by atoms with Gasteiger partial charge in [0.2, 0.25) is 0 Å². The number of nitrogens with zero attached hydrogens (tertiary/aromatic N) is 1. The van der Waals surface area contributed by atoms with Gasteiger partial charge in [-0.05, 0) is 52.1 Å². The fourth-order valence-electron chi connectivity index (χ4n) is 1.80. The molecule has 0 amide bonds. The Labute approximate surface area is 197 Å². The van der Waals surface area contributed by atoms with Gasteiger partial charge in [0.05, 0.1) is 0 Å². The molecule has 1 fully saturated rings. The second kappa shape index (κ2) is 50.2. The molecule has 0 spiro atoms. The summed E-state index contributed by atoms with van der Waals surface area (Å²) in [6, 6.07) is 0. The second-order valence-electron chi connectivity index (χ2n) is 4.54. The maximum Gasteiger partial charge on any atom is 0 e. The normalized spacial score (nSPS) is 15.3. The van der Waals surface area contributed by atoms with Crippen LogP contribution in [0.25, 0.3) is 5.32 Å². The standard InChI is InChI=1S/C12H27N4.C2H3O.3CH3.3ClH.Ti/c1-5-13-7-2-9-15-11-4-12-16-10-3-8-14-6-1;1-2-3;;;;;;;/h13-15H,1-12H2;1H3;3*1H3;3*1H;/q5*-1;;;;. The first-order chi connectivity index (χ1) is 9.41. The second-order valence-corrected chi connectivity index (χ2v) is 4.54. The molecule has 1 aliphatic rings. The summed E-state index contributed by atoms with van der Waals surface area (Å²) in [5.74, 6) is 0. The van der Waals surface area contributed by atoms with E-state index in [0.29, 0.717) is 0 Å². The molecule has 0 atom stereocenters. The molecule has 0 aromatic heterocycles. The zero-order chi connectivity index (χ0) is 14.0. The van der Waals surface area contributed by atoms with E-state index in [1.165, 1.54) is 38.9 Å². The fourth-order valence-corrected chi connectivity index (χ4v) is 1.80. The molecule has 0 aliphatic carbocycles. The molecule has 0 radical (unpaired) electrons. The van der Waals surface area contributed by atoms with Crippen molar-refractivity contribution < 1.29 is 26.5 Å². The Balaban J connectivity index is -0.0000000506. The topological polar surface area (TPSA) is 67.3 Å². The molecule has 0 saturated carbocycles. The van der Waals surface area contributed by atoms with Crippen molar-refractivity contribution in [2.45, 2.75) is 32.6 Å². The average Bonchev–Trinajstić information content (AvgIpc) is 2.40. The number of carbonyl (C=O) groups excluding carboxylic acids is 1. The number of halogens is 3. The molecule has 1 rings (SSSR count). The SMILES string of the molecule is C1C[N-]CCCNCCCNCCCNC1.C[C-]=O.Cl.Cl.Cl.[CH3-].[CH3-].[CH3-].[Ti]. The summed E-state index contributed by atoms with van der Waals surface area (Å²) in [6.07, 6.45) is 6.32. The summed E-state index contributed by atoms with van der Waals surface area (Å²) in [5, 5.41) is 14.9. The van der Waals surface area contributed by atoms with Crippen LogP contribution in [-0.4, -0.2) is 58.6 Å². The van der Waals surface area contributed by atoms with E-state index < -0.39 is 0 Å². The Kier molecular flexibility index (Phi) is 97.7. The molecule has 1 heterocycles. The molecule has 0 unspecified atom stereocenters. The van der Waals surface area contributed by atoms with Crippen molar-refractivity contribution in [1.82, 2.24) is 16.0 Å². The van der Waals surface area contributed by atoms with Crippen LogP contribution < -0.4 is 16.0 Å². The first-order valence-corrected chi connectivity index (χ1v) is 7.46. The van der Waals surface area contributed by atoms with E-state index in [-0.39, 0.29) is 81.2 Å². The van der Waals surface area contributed by atoms with Gasteiger partial charge in [0, 0.05) is 21.7 Å². The Morgan fingerprint density at radius 1 is 0.654 bits per heavy atom. The maximum atomic E-state index is 8.68. The first-order valence-electron chi connectivity index (χ1n) is 7.46. The molecule has 9 heteroatoms. The van der Waals surface area contributed by atoms with Crippen molar-refractivity contribution >= 4 is 43.5 Å². The van der Waals surface area contributed by atoms with Crippen molar-refractivity contribution in [3.63, 3.8) is 0 Å². The van der Waals surface area contributed by atoms with Gasteiger partial charge >= 0.3 is 0 Å². The molecule has 1 aliphatic heterocycles. The quantitative estimate of drug-likeness (QED) is 0.373. The summed E-state index contributed by atoms with van der Waals surface area (Å²) < 4.78 is 0. The van der Waals surface area contributed by atoms with Crippen LogP contribution in [0.2, 0.25) is 0 Å². The smallest absolute Gasteiger partial charge is 0 e. The third-order valence-corrected chi connectivity index (χ3v) is 2.75. The van der Waals surface area contributed by atoms with E-state index in [9.17, 15) is 0 Å². The van der Waals surface area contributed by atoms with E-state index >= 15 is 0 Å². The van der Waals surface area contributed by atoms with E-state index in [0.717, 1.165) is 52.4 Å². The van der Waals surface area contributed by atoms with Gasteiger partial charge in [-0.25, -0.2) is 0 Å². The molecule has 26 heavy (non-hydrogen) atoms. The van der Waals surface area contributed by atoms with Crippen LogP contribution in [0, 0.1) is 22.3 Å². The van der Waals surface area contributed by atoms with Crippen LogP contribution in [0.15, 0.2) is 0 Å². The molecule has 166 valence electrons. The van der Waals surface area contributed by atoms with Crippen LogP contribution in [0.3, 0.4) is 0 Å². The van der Waals surface area contributed by atoms with Crippen LogP contribution in [-0.2, 0) is 26.5 Å². The van der Waals surface area contributed by atoms with Crippen molar-refractivity contribution in [2.24, 2.45) is 0 Å². The van der Waals surface area contributed by atoms with E-state index in [1.54, 1.807) is 0 Å². The molecule has 5 nitrogen and oxygen atoms in total. The minimum absolute atomic E-state index is 0. The minimum Gasteiger partial charge on any atom is -0.662 e. The Bertz CT molecular complexity index is 135. The molecular formula is C17H42Cl3N4OTi-5. The van der Waals surface area contributed by atoms with Crippen molar-refractivity contribution in [3.05, 3.63) is 27.6 Å². The van der Waals surface area contributed by atoms with Crippen LogP contribution in [0.1, 0.15) is 32.6 Å². The third-order valence-electron chi connectivity index (χ3n) is 2.75. The Morgan fingerprint density at radius 3 is 1.15 bits per heavy atom. The van der Waals surface area contributed by atoms with E-state index in [1.807, 2.05) is 0 Å². The van der Waals surface area contributed by atoms with Gasteiger partial charge in [-0.3, -0.25) is 6.29 Å². The molecule has 0 aromatic rings. The summed E-state index contributed by atoms with van der Waals surface area (Å²) in [4.78, 5) is 8.68. The number of rotatable bonds is 0. The summed E-state index contributed by atoms with van der Waals surface area (Å²) in [5.41, 5.74) is 0. The molecule has 0 aromatic carbocycles. The van der Waals surface area contributed by atoms with Gasteiger partial charge in [0.25, 0.3) is 0 Å². The van der Waals surface area contributed by atoms with Gasteiger partial charge in [0.15, 0.2) is 0 Å². The van der Waals surface area contributed by atoms with Crippen molar-refractivity contribution in [3.8, 4) is 0 Å². The van der Waals surface area contributed by atoms with Crippen LogP contribution in [0.4, 0.5) is 0 Å². The number of hydrogen-bond acceptors (Lipinski definition) is 4. The van der Waals surface area contributed by atoms with Crippen LogP contribution in [0.5, 0.6) is 0 Å².